The third-order valence-electron chi connectivity index (χ3n) is 4.85. The van der Waals surface area contributed by atoms with E-state index in [9.17, 15) is 19.2 Å². The van der Waals surface area contributed by atoms with E-state index in [0.29, 0.717) is 10.8 Å². The largest absolute Gasteiger partial charge is 0.453 e. The zero-order valence-electron chi connectivity index (χ0n) is 17.9. The number of carbonyl (C=O) groups excluding carboxylic acids is 2. The number of nitrogen functional groups attached to an aromatic ring is 1. The molecule has 11 nitrogen and oxygen atoms in total. The second-order valence-electron chi connectivity index (χ2n) is 7.09. The molecule has 1 aromatic carbocycles. The number of thiazole rings is 1. The zero-order chi connectivity index (χ0) is 24.2. The number of ether oxygens (including phenoxy) is 1. The van der Waals surface area contributed by atoms with Crippen molar-refractivity contribution < 1.29 is 14.3 Å². The average molecular weight is 478 g/mol. The van der Waals surface area contributed by atoms with Crippen molar-refractivity contribution in [2.75, 3.05) is 12.3 Å². The number of rotatable bonds is 7. The van der Waals surface area contributed by atoms with E-state index < -0.39 is 35.2 Å². The molecule has 3 aromatic heterocycles. The van der Waals surface area contributed by atoms with E-state index in [1.807, 2.05) is 6.07 Å². The number of Topliss-reactive ketones (excluding diaryl/α,β-unsaturated/α-hetero) is 1. The van der Waals surface area contributed by atoms with Gasteiger partial charge in [0.25, 0.3) is 5.56 Å². The number of ketones is 1. The fourth-order valence-electron chi connectivity index (χ4n) is 3.12. The molecule has 0 aliphatic heterocycles. The lowest BCUT2D eigenvalue weighted by atomic mass is 10.2. The number of anilines is 1. The molecule has 0 radical (unpaired) electrons. The molecule has 0 fully saturated rings. The van der Waals surface area contributed by atoms with Gasteiger partial charge in [-0.25, -0.2) is 24.5 Å². The molecule has 0 spiro atoms. The SMILES string of the molecule is Cn1c(=O)c(C(=O)COC(=O)c2csc(-c3ncccn3)n2)c(N)n(Cc2ccccc2)c1=O. The van der Waals surface area contributed by atoms with Gasteiger partial charge < -0.3 is 10.5 Å². The standard InChI is InChI=1S/C22H18N6O5S/c1-27-20(30)16(17(23)28(22(27)32)10-13-6-3-2-4-7-13)15(29)11-33-21(31)14-12-34-19(26-14)18-24-8-5-9-25-18/h2-9,12H,10-11,23H2,1H3. The van der Waals surface area contributed by atoms with Gasteiger partial charge in [-0.3, -0.25) is 18.7 Å². The maximum absolute atomic E-state index is 12.8. The molecule has 0 unspecified atom stereocenters. The molecule has 0 bridgehead atoms. The Morgan fingerprint density at radius 2 is 1.79 bits per heavy atom. The quantitative estimate of drug-likeness (QED) is 0.304. The van der Waals surface area contributed by atoms with Crippen molar-refractivity contribution in [2.24, 2.45) is 7.05 Å². The van der Waals surface area contributed by atoms with Crippen molar-refractivity contribution >= 4 is 28.9 Å². The highest BCUT2D eigenvalue weighted by atomic mass is 32.1. The third-order valence-corrected chi connectivity index (χ3v) is 5.69. The van der Waals surface area contributed by atoms with Gasteiger partial charge in [0.05, 0.1) is 6.54 Å². The van der Waals surface area contributed by atoms with Crippen molar-refractivity contribution in [3.05, 3.63) is 91.8 Å². The van der Waals surface area contributed by atoms with Crippen LogP contribution in [0.15, 0.2) is 63.8 Å². The highest BCUT2D eigenvalue weighted by Gasteiger charge is 2.24. The van der Waals surface area contributed by atoms with Crippen LogP contribution in [0.25, 0.3) is 10.8 Å². The van der Waals surface area contributed by atoms with E-state index in [1.54, 1.807) is 42.7 Å². The van der Waals surface area contributed by atoms with Crippen LogP contribution in [0.1, 0.15) is 26.4 Å². The maximum Gasteiger partial charge on any atom is 0.358 e. The van der Waals surface area contributed by atoms with Crippen LogP contribution in [0.4, 0.5) is 5.82 Å². The van der Waals surface area contributed by atoms with Crippen molar-refractivity contribution in [1.29, 1.82) is 0 Å². The minimum absolute atomic E-state index is 0.0322. The predicted octanol–water partition coefficient (Wildman–Crippen LogP) is 1.13. The molecule has 172 valence electrons. The van der Waals surface area contributed by atoms with Gasteiger partial charge >= 0.3 is 11.7 Å². The first-order valence-corrected chi connectivity index (χ1v) is 10.8. The maximum atomic E-state index is 12.8. The van der Waals surface area contributed by atoms with Crippen LogP contribution >= 0.6 is 11.3 Å². The van der Waals surface area contributed by atoms with Crippen LogP contribution in [0.2, 0.25) is 0 Å². The van der Waals surface area contributed by atoms with E-state index in [1.165, 1.54) is 12.4 Å². The fourth-order valence-corrected chi connectivity index (χ4v) is 3.86. The monoisotopic (exact) mass is 478 g/mol. The van der Waals surface area contributed by atoms with Crippen molar-refractivity contribution in [3.63, 3.8) is 0 Å². The van der Waals surface area contributed by atoms with E-state index in [-0.39, 0.29) is 18.1 Å². The summed E-state index contributed by atoms with van der Waals surface area (Å²) in [5, 5.41) is 1.86. The molecular weight excluding hydrogens is 460 g/mol. The average Bonchev–Trinajstić information content (AvgIpc) is 3.36. The summed E-state index contributed by atoms with van der Waals surface area (Å²) in [6.45, 7) is -0.695. The fraction of sp³-hybridized carbons (Fsp3) is 0.136. The van der Waals surface area contributed by atoms with Crippen LogP contribution < -0.4 is 17.0 Å². The Balaban J connectivity index is 1.54. The number of esters is 1. The number of hydrogen-bond acceptors (Lipinski definition) is 10. The number of nitrogens with two attached hydrogens (primary N) is 1. The number of aromatic nitrogens is 5. The summed E-state index contributed by atoms with van der Waals surface area (Å²) in [6, 6.07) is 10.6. The Morgan fingerprint density at radius 1 is 1.09 bits per heavy atom. The molecule has 3 heterocycles. The first-order valence-electron chi connectivity index (χ1n) is 9.93. The van der Waals surface area contributed by atoms with E-state index in [4.69, 9.17) is 10.5 Å². The molecule has 0 aliphatic rings. The molecule has 12 heteroatoms. The molecule has 4 rings (SSSR count). The van der Waals surface area contributed by atoms with E-state index >= 15 is 0 Å². The Bertz CT molecular complexity index is 1480. The Kier molecular flexibility index (Phi) is 6.41. The highest BCUT2D eigenvalue weighted by molar-refractivity contribution is 7.13. The molecule has 34 heavy (non-hydrogen) atoms. The summed E-state index contributed by atoms with van der Waals surface area (Å²) in [5.41, 5.74) is 4.80. The molecule has 0 aliphatic carbocycles. The molecule has 0 amide bonds. The first-order chi connectivity index (χ1) is 16.4. The van der Waals surface area contributed by atoms with Gasteiger partial charge in [-0.15, -0.1) is 11.3 Å². The van der Waals surface area contributed by atoms with Crippen molar-refractivity contribution in [1.82, 2.24) is 24.1 Å². The lowest BCUT2D eigenvalue weighted by molar-refractivity contribution is 0.0469. The second-order valence-corrected chi connectivity index (χ2v) is 7.95. The third kappa shape index (κ3) is 4.52. The predicted molar refractivity (Wildman–Crippen MR) is 124 cm³/mol. The smallest absolute Gasteiger partial charge is 0.358 e. The number of nitrogens with zero attached hydrogens (tertiary/aromatic N) is 5. The molecule has 0 atom stereocenters. The molecule has 0 saturated heterocycles. The topological polar surface area (TPSA) is 152 Å². The van der Waals surface area contributed by atoms with Gasteiger partial charge in [-0.2, -0.15) is 0 Å². The Hall–Kier alpha value is -4.45. The van der Waals surface area contributed by atoms with Crippen LogP contribution in [0, 0.1) is 0 Å². The molecular formula is C22H18N6O5S. The van der Waals surface area contributed by atoms with Crippen LogP contribution in [0.5, 0.6) is 0 Å². The van der Waals surface area contributed by atoms with Crippen LogP contribution in [0.3, 0.4) is 0 Å². The number of hydrogen-bond donors (Lipinski definition) is 1. The zero-order valence-corrected chi connectivity index (χ0v) is 18.7. The Morgan fingerprint density at radius 3 is 2.50 bits per heavy atom. The van der Waals surface area contributed by atoms with Gasteiger partial charge in [0.2, 0.25) is 5.78 Å². The number of carbonyl (C=O) groups is 2. The minimum Gasteiger partial charge on any atom is -0.453 e. The van der Waals surface area contributed by atoms with Crippen molar-refractivity contribution in [3.8, 4) is 10.8 Å². The molecule has 0 saturated carbocycles. The normalized spacial score (nSPS) is 10.7. The van der Waals surface area contributed by atoms with Gasteiger partial charge in [-0.1, -0.05) is 30.3 Å². The lowest BCUT2D eigenvalue weighted by Crippen LogP contribution is -2.43. The van der Waals surface area contributed by atoms with Gasteiger partial charge in [0, 0.05) is 24.8 Å². The van der Waals surface area contributed by atoms with Crippen molar-refractivity contribution in [2.45, 2.75) is 6.54 Å². The van der Waals surface area contributed by atoms with Gasteiger partial charge in [0.15, 0.2) is 23.1 Å². The summed E-state index contributed by atoms with van der Waals surface area (Å²) in [6.07, 6.45) is 3.09. The summed E-state index contributed by atoms with van der Waals surface area (Å²) in [4.78, 5) is 62.6. The first kappa shape index (κ1) is 22.7. The van der Waals surface area contributed by atoms with Crippen LogP contribution in [-0.4, -0.2) is 42.4 Å². The Labute approximate surface area is 196 Å². The minimum atomic E-state index is -0.870. The summed E-state index contributed by atoms with van der Waals surface area (Å²) in [5.74, 6) is -1.65. The second kappa shape index (κ2) is 9.58. The van der Waals surface area contributed by atoms with Crippen LogP contribution in [-0.2, 0) is 18.3 Å². The summed E-state index contributed by atoms with van der Waals surface area (Å²) >= 11 is 1.14. The summed E-state index contributed by atoms with van der Waals surface area (Å²) < 4.78 is 6.97. The van der Waals surface area contributed by atoms with E-state index in [2.05, 4.69) is 15.0 Å². The van der Waals surface area contributed by atoms with Gasteiger partial charge in [0.1, 0.15) is 11.4 Å². The van der Waals surface area contributed by atoms with Gasteiger partial charge in [-0.05, 0) is 11.6 Å². The molecule has 4 aromatic rings. The number of benzene rings is 1. The lowest BCUT2D eigenvalue weighted by Gasteiger charge is -2.14. The summed E-state index contributed by atoms with van der Waals surface area (Å²) in [7, 11) is 1.25. The highest BCUT2D eigenvalue weighted by Crippen LogP contribution is 2.20. The molecule has 2 N–H and O–H groups in total. The van der Waals surface area contributed by atoms with E-state index in [0.717, 1.165) is 26.0 Å².